The number of nitriles is 1. The second kappa shape index (κ2) is 5.15. The first-order valence-corrected chi connectivity index (χ1v) is 7.12. The van der Waals surface area contributed by atoms with Crippen LogP contribution < -0.4 is 16.2 Å². The van der Waals surface area contributed by atoms with Crippen molar-refractivity contribution in [3.05, 3.63) is 69.5 Å². The van der Waals surface area contributed by atoms with Gasteiger partial charge >= 0.3 is 0 Å². The van der Waals surface area contributed by atoms with Gasteiger partial charge in [-0.3, -0.25) is 0 Å². The summed E-state index contributed by atoms with van der Waals surface area (Å²) < 4.78 is 6.46. The number of hydrogen-bond donors (Lipinski definition) is 2. The molecule has 1 heterocycles. The molecule has 104 valence electrons. The summed E-state index contributed by atoms with van der Waals surface area (Å²) in [5, 5.41) is 9.46. The minimum atomic E-state index is -0.269. The molecule has 1 aliphatic heterocycles. The van der Waals surface area contributed by atoms with Crippen molar-refractivity contribution in [2.45, 2.75) is 5.92 Å². The third-order valence-electron chi connectivity index (χ3n) is 3.46. The summed E-state index contributed by atoms with van der Waals surface area (Å²) >= 11 is 3.54. The Morgan fingerprint density at radius 3 is 2.57 bits per heavy atom. The Morgan fingerprint density at radius 1 is 1.10 bits per heavy atom. The molecule has 3 rings (SSSR count). The van der Waals surface area contributed by atoms with Crippen LogP contribution in [0.2, 0.25) is 0 Å². The molecule has 2 aromatic rings. The molecule has 4 N–H and O–H groups in total. The van der Waals surface area contributed by atoms with Gasteiger partial charge in [-0.25, -0.2) is 0 Å². The summed E-state index contributed by atoms with van der Waals surface area (Å²) in [6, 6.07) is 15.3. The van der Waals surface area contributed by atoms with Gasteiger partial charge < -0.3 is 16.2 Å². The van der Waals surface area contributed by atoms with E-state index in [9.17, 15) is 5.26 Å². The van der Waals surface area contributed by atoms with Gasteiger partial charge in [0.25, 0.3) is 0 Å². The molecule has 21 heavy (non-hydrogen) atoms. The van der Waals surface area contributed by atoms with E-state index in [1.807, 2.05) is 30.3 Å². The fraction of sp³-hybridized carbons (Fsp3) is 0.0625. The lowest BCUT2D eigenvalue weighted by atomic mass is 9.83. The van der Waals surface area contributed by atoms with E-state index >= 15 is 0 Å². The molecule has 1 atom stereocenters. The first kappa shape index (κ1) is 13.5. The standard InChI is InChI=1S/C16H12BrN3O/c17-13-4-2-1-3-10(13)15-11-6-5-9(19)7-14(11)21-16(20)12(15)8-18/h1-7,15H,19-20H2/t15-/m1/s1. The molecule has 2 aromatic carbocycles. The van der Waals surface area contributed by atoms with Crippen LogP contribution in [0.1, 0.15) is 17.0 Å². The molecule has 0 saturated carbocycles. The van der Waals surface area contributed by atoms with Crippen molar-refractivity contribution in [3.63, 3.8) is 0 Å². The zero-order chi connectivity index (χ0) is 15.0. The van der Waals surface area contributed by atoms with E-state index in [-0.39, 0.29) is 11.8 Å². The lowest BCUT2D eigenvalue weighted by Crippen LogP contribution is -2.21. The van der Waals surface area contributed by atoms with E-state index < -0.39 is 0 Å². The zero-order valence-electron chi connectivity index (χ0n) is 11.0. The van der Waals surface area contributed by atoms with Crippen LogP contribution in [-0.4, -0.2) is 0 Å². The molecule has 4 nitrogen and oxygen atoms in total. The summed E-state index contributed by atoms with van der Waals surface area (Å²) in [5.74, 6) is 0.443. The van der Waals surface area contributed by atoms with Gasteiger partial charge in [0.15, 0.2) is 0 Å². The van der Waals surface area contributed by atoms with Crippen LogP contribution in [0.4, 0.5) is 5.69 Å². The highest BCUT2D eigenvalue weighted by Gasteiger charge is 2.31. The van der Waals surface area contributed by atoms with Gasteiger partial charge in [-0.1, -0.05) is 40.2 Å². The molecule has 0 bridgehead atoms. The van der Waals surface area contributed by atoms with E-state index in [4.69, 9.17) is 16.2 Å². The van der Waals surface area contributed by atoms with Gasteiger partial charge in [-0.15, -0.1) is 0 Å². The van der Waals surface area contributed by atoms with Crippen LogP contribution in [0, 0.1) is 11.3 Å². The highest BCUT2D eigenvalue weighted by Crippen LogP contribution is 2.44. The van der Waals surface area contributed by atoms with Crippen molar-refractivity contribution >= 4 is 21.6 Å². The fourth-order valence-electron chi connectivity index (χ4n) is 2.50. The third-order valence-corrected chi connectivity index (χ3v) is 4.18. The lowest BCUT2D eigenvalue weighted by Gasteiger charge is -2.27. The smallest absolute Gasteiger partial charge is 0.205 e. The van der Waals surface area contributed by atoms with Crippen molar-refractivity contribution in [2.24, 2.45) is 5.73 Å². The Balaban J connectivity index is 2.27. The van der Waals surface area contributed by atoms with E-state index in [2.05, 4.69) is 22.0 Å². The number of benzene rings is 2. The van der Waals surface area contributed by atoms with Crippen LogP contribution in [0.25, 0.3) is 0 Å². The van der Waals surface area contributed by atoms with Gasteiger partial charge in [-0.2, -0.15) is 5.26 Å². The third kappa shape index (κ3) is 2.24. The van der Waals surface area contributed by atoms with E-state index in [1.54, 1.807) is 12.1 Å². The van der Waals surface area contributed by atoms with Crippen LogP contribution in [0.15, 0.2) is 58.4 Å². The number of anilines is 1. The molecular formula is C16H12BrN3O. The fourth-order valence-corrected chi connectivity index (χ4v) is 3.01. The van der Waals surface area contributed by atoms with E-state index in [0.29, 0.717) is 17.0 Å². The number of nitrogens with two attached hydrogens (primary N) is 2. The topological polar surface area (TPSA) is 85.1 Å². The summed E-state index contributed by atoms with van der Waals surface area (Å²) in [6.07, 6.45) is 0. The molecule has 0 fully saturated rings. The molecule has 0 aromatic heterocycles. The second-order valence-electron chi connectivity index (χ2n) is 4.74. The van der Waals surface area contributed by atoms with Crippen molar-refractivity contribution in [3.8, 4) is 11.8 Å². The number of nitrogens with zero attached hydrogens (tertiary/aromatic N) is 1. The van der Waals surface area contributed by atoms with Gasteiger partial charge in [0, 0.05) is 21.8 Å². The van der Waals surface area contributed by atoms with Gasteiger partial charge in [0.05, 0.1) is 5.92 Å². The number of hydrogen-bond acceptors (Lipinski definition) is 4. The number of rotatable bonds is 1. The van der Waals surface area contributed by atoms with Crippen molar-refractivity contribution in [2.75, 3.05) is 5.73 Å². The maximum absolute atomic E-state index is 9.46. The van der Waals surface area contributed by atoms with E-state index in [0.717, 1.165) is 15.6 Å². The Hall–Kier alpha value is -2.45. The number of allylic oxidation sites excluding steroid dienone is 1. The molecule has 0 aliphatic carbocycles. The van der Waals surface area contributed by atoms with Gasteiger partial charge in [0.2, 0.25) is 5.88 Å². The maximum Gasteiger partial charge on any atom is 0.205 e. The Labute approximate surface area is 130 Å². The second-order valence-corrected chi connectivity index (χ2v) is 5.60. The highest BCUT2D eigenvalue weighted by atomic mass is 79.9. The summed E-state index contributed by atoms with van der Waals surface area (Å²) in [4.78, 5) is 0. The number of nitrogen functional groups attached to an aromatic ring is 1. The zero-order valence-corrected chi connectivity index (χ0v) is 12.6. The van der Waals surface area contributed by atoms with Gasteiger partial charge in [-0.05, 0) is 17.7 Å². The molecule has 0 radical (unpaired) electrons. The van der Waals surface area contributed by atoms with Crippen LogP contribution >= 0.6 is 15.9 Å². The predicted octanol–water partition coefficient (Wildman–Crippen LogP) is 3.25. The van der Waals surface area contributed by atoms with Crippen molar-refractivity contribution in [1.82, 2.24) is 0 Å². The number of ether oxygens (including phenoxy) is 1. The van der Waals surface area contributed by atoms with Crippen molar-refractivity contribution in [1.29, 1.82) is 5.26 Å². The van der Waals surface area contributed by atoms with Crippen molar-refractivity contribution < 1.29 is 4.74 Å². The molecule has 5 heteroatoms. The van der Waals surface area contributed by atoms with Gasteiger partial charge in [0.1, 0.15) is 17.4 Å². The minimum absolute atomic E-state index is 0.122. The average Bonchev–Trinajstić information content (AvgIpc) is 2.46. The quantitative estimate of drug-likeness (QED) is 0.779. The molecular weight excluding hydrogens is 330 g/mol. The molecule has 0 unspecified atom stereocenters. The maximum atomic E-state index is 9.46. The van der Waals surface area contributed by atoms with Crippen LogP contribution in [-0.2, 0) is 0 Å². The van der Waals surface area contributed by atoms with E-state index in [1.165, 1.54) is 0 Å². The SMILES string of the molecule is N#CC1=C(N)Oc2cc(N)ccc2[C@H]1c1ccccc1Br. The Morgan fingerprint density at radius 2 is 1.86 bits per heavy atom. The highest BCUT2D eigenvalue weighted by molar-refractivity contribution is 9.10. The normalized spacial score (nSPS) is 16.9. The monoisotopic (exact) mass is 341 g/mol. The number of fused-ring (bicyclic) bond motifs is 1. The van der Waals surface area contributed by atoms with Crippen LogP contribution in [0.5, 0.6) is 5.75 Å². The Bertz CT molecular complexity index is 792. The molecule has 1 aliphatic rings. The largest absolute Gasteiger partial charge is 0.440 e. The predicted molar refractivity (Wildman–Crippen MR) is 84.3 cm³/mol. The first-order valence-electron chi connectivity index (χ1n) is 6.33. The molecule has 0 spiro atoms. The molecule has 0 saturated heterocycles. The summed E-state index contributed by atoms with van der Waals surface area (Å²) in [7, 11) is 0. The lowest BCUT2D eigenvalue weighted by molar-refractivity contribution is 0.394. The molecule has 0 amide bonds. The van der Waals surface area contributed by atoms with Crippen LogP contribution in [0.3, 0.4) is 0 Å². The summed E-state index contributed by atoms with van der Waals surface area (Å²) in [5.41, 5.74) is 14.5. The minimum Gasteiger partial charge on any atom is -0.440 e. The summed E-state index contributed by atoms with van der Waals surface area (Å²) in [6.45, 7) is 0. The average molecular weight is 342 g/mol. The number of halogens is 1. The Kier molecular flexibility index (Phi) is 3.32. The first-order chi connectivity index (χ1) is 10.1.